The van der Waals surface area contributed by atoms with Gasteiger partial charge in [0.25, 0.3) is 11.6 Å². The summed E-state index contributed by atoms with van der Waals surface area (Å²) in [6.45, 7) is 1.61. The first-order valence-electron chi connectivity index (χ1n) is 6.32. The predicted octanol–water partition coefficient (Wildman–Crippen LogP) is 1.64. The summed E-state index contributed by atoms with van der Waals surface area (Å²) >= 11 is 0. The minimum atomic E-state index is -0.746. The van der Waals surface area contributed by atoms with Gasteiger partial charge in [-0.3, -0.25) is 14.9 Å². The Morgan fingerprint density at radius 3 is 2.90 bits per heavy atom. The summed E-state index contributed by atoms with van der Waals surface area (Å²) in [5.74, 6) is -1.35. The molecule has 1 amide bonds. The molecular formula is C13H15FN2O4. The zero-order valence-corrected chi connectivity index (χ0v) is 11.0. The average molecular weight is 282 g/mol. The lowest BCUT2D eigenvalue weighted by atomic mass is 10.1. The lowest BCUT2D eigenvalue weighted by Crippen LogP contribution is -2.38. The van der Waals surface area contributed by atoms with Crippen LogP contribution in [-0.4, -0.2) is 40.0 Å². The molecule has 1 aromatic rings. The Morgan fingerprint density at radius 2 is 2.30 bits per heavy atom. The molecule has 0 bridgehead atoms. The highest BCUT2D eigenvalue weighted by Crippen LogP contribution is 2.25. The van der Waals surface area contributed by atoms with Gasteiger partial charge >= 0.3 is 0 Å². The smallest absolute Gasteiger partial charge is 0.270 e. The summed E-state index contributed by atoms with van der Waals surface area (Å²) in [6, 6.07) is 1.71. The van der Waals surface area contributed by atoms with E-state index in [2.05, 4.69) is 0 Å². The van der Waals surface area contributed by atoms with Gasteiger partial charge in [0.1, 0.15) is 5.82 Å². The van der Waals surface area contributed by atoms with Crippen molar-refractivity contribution < 1.29 is 19.2 Å². The third-order valence-corrected chi connectivity index (χ3v) is 3.53. The fourth-order valence-corrected chi connectivity index (χ4v) is 2.46. The molecule has 0 spiro atoms. The van der Waals surface area contributed by atoms with E-state index in [-0.39, 0.29) is 29.5 Å². The van der Waals surface area contributed by atoms with E-state index in [4.69, 9.17) is 0 Å². The zero-order chi connectivity index (χ0) is 14.9. The van der Waals surface area contributed by atoms with Crippen molar-refractivity contribution in [3.63, 3.8) is 0 Å². The van der Waals surface area contributed by atoms with E-state index >= 15 is 0 Å². The standard InChI is InChI=1S/C13H15FN2O4/c1-8-5-10(16(19)20)6-11(12(8)14)13(18)15-4-2-3-9(15)7-17/h5-6,9,17H,2-4,7H2,1H3/t9-/m0/s1. The number of hydrogen-bond donors (Lipinski definition) is 1. The lowest BCUT2D eigenvalue weighted by Gasteiger charge is -2.23. The molecule has 1 fully saturated rings. The molecule has 0 aliphatic carbocycles. The molecule has 0 unspecified atom stereocenters. The molecule has 20 heavy (non-hydrogen) atoms. The van der Waals surface area contributed by atoms with Crippen molar-refractivity contribution >= 4 is 11.6 Å². The van der Waals surface area contributed by atoms with Crippen molar-refractivity contribution in [3.8, 4) is 0 Å². The van der Waals surface area contributed by atoms with Crippen molar-refractivity contribution in [1.82, 2.24) is 4.90 Å². The first-order chi connectivity index (χ1) is 9.45. The second kappa shape index (κ2) is 5.54. The number of likely N-dealkylation sites (tertiary alicyclic amines) is 1. The number of nitrogens with zero attached hydrogens (tertiary/aromatic N) is 2. The van der Waals surface area contributed by atoms with E-state index in [0.29, 0.717) is 13.0 Å². The SMILES string of the molecule is Cc1cc([N+](=O)[O-])cc(C(=O)N2CCC[C@H]2CO)c1F. The first kappa shape index (κ1) is 14.4. The number of aliphatic hydroxyl groups excluding tert-OH is 1. The third-order valence-electron chi connectivity index (χ3n) is 3.53. The van der Waals surface area contributed by atoms with E-state index in [0.717, 1.165) is 18.6 Å². The van der Waals surface area contributed by atoms with Gasteiger partial charge in [-0.25, -0.2) is 4.39 Å². The van der Waals surface area contributed by atoms with Crippen LogP contribution < -0.4 is 0 Å². The van der Waals surface area contributed by atoms with Crippen LogP contribution in [0.25, 0.3) is 0 Å². The van der Waals surface area contributed by atoms with Crippen LogP contribution in [-0.2, 0) is 0 Å². The molecule has 0 saturated carbocycles. The Kier molecular flexibility index (Phi) is 3.99. The Hall–Kier alpha value is -2.02. The number of non-ortho nitro benzene ring substituents is 1. The highest BCUT2D eigenvalue weighted by molar-refractivity contribution is 5.95. The number of carbonyl (C=O) groups excluding carboxylic acids is 1. The fraction of sp³-hybridized carbons (Fsp3) is 0.462. The van der Waals surface area contributed by atoms with Crippen molar-refractivity contribution in [2.75, 3.05) is 13.2 Å². The number of aliphatic hydroxyl groups is 1. The van der Waals surface area contributed by atoms with Gasteiger partial charge in [0.05, 0.1) is 23.1 Å². The molecule has 7 heteroatoms. The summed E-state index contributed by atoms with van der Waals surface area (Å²) < 4.78 is 14.0. The number of hydrogen-bond acceptors (Lipinski definition) is 4. The number of nitro groups is 1. The van der Waals surface area contributed by atoms with E-state index in [1.54, 1.807) is 0 Å². The maximum atomic E-state index is 14.0. The molecule has 1 saturated heterocycles. The quantitative estimate of drug-likeness (QED) is 0.674. The molecule has 0 aromatic heterocycles. The van der Waals surface area contributed by atoms with Gasteiger partial charge in [-0.2, -0.15) is 0 Å². The number of amides is 1. The molecule has 2 rings (SSSR count). The molecule has 1 atom stereocenters. The lowest BCUT2D eigenvalue weighted by molar-refractivity contribution is -0.385. The van der Waals surface area contributed by atoms with Crippen LogP contribution in [0.3, 0.4) is 0 Å². The van der Waals surface area contributed by atoms with E-state index in [1.165, 1.54) is 11.8 Å². The number of carbonyl (C=O) groups is 1. The van der Waals surface area contributed by atoms with Crippen LogP contribution >= 0.6 is 0 Å². The van der Waals surface area contributed by atoms with Crippen LogP contribution in [0.1, 0.15) is 28.8 Å². The topological polar surface area (TPSA) is 83.7 Å². The summed E-state index contributed by atoms with van der Waals surface area (Å²) in [4.78, 5) is 23.8. The van der Waals surface area contributed by atoms with Gasteiger partial charge in [0.2, 0.25) is 0 Å². The normalized spacial score (nSPS) is 18.4. The Morgan fingerprint density at radius 1 is 1.60 bits per heavy atom. The average Bonchev–Trinajstić information content (AvgIpc) is 2.89. The molecule has 1 heterocycles. The van der Waals surface area contributed by atoms with E-state index in [9.17, 15) is 24.4 Å². The molecule has 1 aliphatic rings. The van der Waals surface area contributed by atoms with Crippen LogP contribution in [0, 0.1) is 22.9 Å². The Balaban J connectivity index is 2.41. The van der Waals surface area contributed by atoms with Gasteiger partial charge in [-0.1, -0.05) is 0 Å². The van der Waals surface area contributed by atoms with Crippen LogP contribution in [0.15, 0.2) is 12.1 Å². The van der Waals surface area contributed by atoms with Crippen LogP contribution in [0.5, 0.6) is 0 Å². The zero-order valence-electron chi connectivity index (χ0n) is 11.0. The van der Waals surface area contributed by atoms with Crippen molar-refractivity contribution in [1.29, 1.82) is 0 Å². The van der Waals surface area contributed by atoms with Crippen LogP contribution in [0.4, 0.5) is 10.1 Å². The Labute approximate surface area is 115 Å². The summed E-state index contributed by atoms with van der Waals surface area (Å²) in [5.41, 5.74) is -0.564. The van der Waals surface area contributed by atoms with Crippen molar-refractivity contribution in [2.24, 2.45) is 0 Å². The summed E-state index contributed by atoms with van der Waals surface area (Å²) in [7, 11) is 0. The van der Waals surface area contributed by atoms with E-state index in [1.807, 2.05) is 0 Å². The van der Waals surface area contributed by atoms with Gasteiger partial charge in [-0.15, -0.1) is 0 Å². The van der Waals surface area contributed by atoms with E-state index < -0.39 is 16.6 Å². The predicted molar refractivity (Wildman–Crippen MR) is 68.9 cm³/mol. The van der Waals surface area contributed by atoms with Crippen molar-refractivity contribution in [2.45, 2.75) is 25.8 Å². The monoisotopic (exact) mass is 282 g/mol. The first-order valence-corrected chi connectivity index (χ1v) is 6.32. The second-order valence-electron chi connectivity index (χ2n) is 4.86. The molecular weight excluding hydrogens is 267 g/mol. The Bertz CT molecular complexity index is 562. The third kappa shape index (κ3) is 2.49. The number of aryl methyl sites for hydroxylation is 1. The number of halogens is 1. The molecule has 108 valence electrons. The minimum Gasteiger partial charge on any atom is -0.394 e. The summed E-state index contributed by atoms with van der Waals surface area (Å²) in [6.07, 6.45) is 1.38. The van der Waals surface area contributed by atoms with Gasteiger partial charge < -0.3 is 10.0 Å². The van der Waals surface area contributed by atoms with Crippen molar-refractivity contribution in [3.05, 3.63) is 39.2 Å². The number of benzene rings is 1. The molecule has 0 radical (unpaired) electrons. The molecule has 1 N–H and O–H groups in total. The number of rotatable bonds is 3. The molecule has 1 aliphatic heterocycles. The fourth-order valence-electron chi connectivity index (χ4n) is 2.46. The summed E-state index contributed by atoms with van der Waals surface area (Å²) in [5, 5.41) is 20.0. The maximum Gasteiger partial charge on any atom is 0.270 e. The maximum absolute atomic E-state index is 14.0. The highest BCUT2D eigenvalue weighted by Gasteiger charge is 2.31. The van der Waals surface area contributed by atoms with Crippen LogP contribution in [0.2, 0.25) is 0 Å². The minimum absolute atomic E-state index is 0.0577. The largest absolute Gasteiger partial charge is 0.394 e. The molecule has 6 nitrogen and oxygen atoms in total. The van der Waals surface area contributed by atoms with Gasteiger partial charge in [0.15, 0.2) is 0 Å². The number of nitro benzene ring substituents is 1. The van der Waals surface area contributed by atoms with Gasteiger partial charge in [0, 0.05) is 18.7 Å². The highest BCUT2D eigenvalue weighted by atomic mass is 19.1. The van der Waals surface area contributed by atoms with Gasteiger partial charge in [-0.05, 0) is 25.3 Å². The second-order valence-corrected chi connectivity index (χ2v) is 4.86. The molecule has 1 aromatic carbocycles.